The van der Waals surface area contributed by atoms with Crippen LogP contribution in [0.1, 0.15) is 18.9 Å². The highest BCUT2D eigenvalue weighted by Gasteiger charge is 2.44. The molecule has 0 saturated carbocycles. The van der Waals surface area contributed by atoms with E-state index in [1.807, 2.05) is 0 Å². The molecule has 86 valence electrons. The SMILES string of the molecule is C[C@H]1C[C@@]2(CN1)Cc1cc(=O)n(C)cc1O2. The smallest absolute Gasteiger partial charge is 0.250 e. The van der Waals surface area contributed by atoms with Crippen LogP contribution in [0.3, 0.4) is 0 Å². The molecule has 0 radical (unpaired) electrons. The third kappa shape index (κ3) is 1.37. The zero-order valence-corrected chi connectivity index (χ0v) is 9.62. The summed E-state index contributed by atoms with van der Waals surface area (Å²) in [4.78, 5) is 11.5. The van der Waals surface area contributed by atoms with E-state index in [0.29, 0.717) is 6.04 Å². The van der Waals surface area contributed by atoms with Crippen molar-refractivity contribution in [3.63, 3.8) is 0 Å². The zero-order chi connectivity index (χ0) is 11.3. The van der Waals surface area contributed by atoms with Gasteiger partial charge in [-0.3, -0.25) is 4.79 Å². The van der Waals surface area contributed by atoms with Crippen molar-refractivity contribution in [2.24, 2.45) is 7.05 Å². The van der Waals surface area contributed by atoms with Crippen molar-refractivity contribution in [2.75, 3.05) is 6.54 Å². The van der Waals surface area contributed by atoms with Crippen LogP contribution in [0.2, 0.25) is 0 Å². The predicted octanol–water partition coefficient (Wildman–Crippen LogP) is 0.441. The second-order valence-electron chi connectivity index (χ2n) is 5.06. The van der Waals surface area contributed by atoms with Crippen LogP contribution < -0.4 is 15.6 Å². The topological polar surface area (TPSA) is 43.3 Å². The summed E-state index contributed by atoms with van der Waals surface area (Å²) < 4.78 is 7.61. The predicted molar refractivity (Wildman–Crippen MR) is 60.8 cm³/mol. The number of aromatic nitrogens is 1. The van der Waals surface area contributed by atoms with Crippen molar-refractivity contribution >= 4 is 0 Å². The van der Waals surface area contributed by atoms with Gasteiger partial charge in [0, 0.05) is 50.3 Å². The number of hydrogen-bond acceptors (Lipinski definition) is 3. The standard InChI is InChI=1S/C12H16N2O2/c1-8-4-12(7-13-8)5-9-3-11(15)14(2)6-10(9)16-12/h3,6,8,13H,4-5,7H2,1-2H3/t8-,12-/m0/s1. The van der Waals surface area contributed by atoms with Crippen LogP contribution >= 0.6 is 0 Å². The largest absolute Gasteiger partial charge is 0.484 e. The molecule has 16 heavy (non-hydrogen) atoms. The summed E-state index contributed by atoms with van der Waals surface area (Å²) >= 11 is 0. The fraction of sp³-hybridized carbons (Fsp3) is 0.583. The first kappa shape index (κ1) is 9.90. The van der Waals surface area contributed by atoms with E-state index in [4.69, 9.17) is 4.74 Å². The summed E-state index contributed by atoms with van der Waals surface area (Å²) in [6.07, 6.45) is 3.67. The van der Waals surface area contributed by atoms with Crippen molar-refractivity contribution in [3.8, 4) is 5.75 Å². The number of rotatable bonds is 0. The lowest BCUT2D eigenvalue weighted by molar-refractivity contribution is 0.114. The third-order valence-electron chi connectivity index (χ3n) is 3.56. The molecule has 3 heterocycles. The number of fused-ring (bicyclic) bond motifs is 1. The molecule has 1 aromatic heterocycles. The highest BCUT2D eigenvalue weighted by atomic mass is 16.5. The molecule has 0 unspecified atom stereocenters. The Morgan fingerprint density at radius 3 is 3.12 bits per heavy atom. The van der Waals surface area contributed by atoms with Gasteiger partial charge in [0.25, 0.3) is 5.56 Å². The minimum Gasteiger partial charge on any atom is -0.484 e. The van der Waals surface area contributed by atoms with E-state index in [1.165, 1.54) is 0 Å². The lowest BCUT2D eigenvalue weighted by Crippen LogP contribution is -2.36. The van der Waals surface area contributed by atoms with E-state index < -0.39 is 0 Å². The zero-order valence-electron chi connectivity index (χ0n) is 9.62. The second kappa shape index (κ2) is 3.10. The molecule has 1 fully saturated rings. The third-order valence-corrected chi connectivity index (χ3v) is 3.56. The van der Waals surface area contributed by atoms with Gasteiger partial charge >= 0.3 is 0 Å². The Morgan fingerprint density at radius 1 is 1.62 bits per heavy atom. The molecule has 4 heteroatoms. The quantitative estimate of drug-likeness (QED) is 0.690. The van der Waals surface area contributed by atoms with Crippen LogP contribution in [0.5, 0.6) is 5.75 Å². The summed E-state index contributed by atoms with van der Waals surface area (Å²) in [5, 5.41) is 3.41. The van der Waals surface area contributed by atoms with Crippen molar-refractivity contribution in [1.29, 1.82) is 0 Å². The molecular weight excluding hydrogens is 204 g/mol. The number of nitrogens with zero attached hydrogens (tertiary/aromatic N) is 1. The van der Waals surface area contributed by atoms with Gasteiger partial charge < -0.3 is 14.6 Å². The Morgan fingerprint density at radius 2 is 2.44 bits per heavy atom. The maximum atomic E-state index is 11.5. The van der Waals surface area contributed by atoms with Gasteiger partial charge in [0.1, 0.15) is 11.4 Å². The first-order chi connectivity index (χ1) is 7.58. The molecular formula is C12H16N2O2. The van der Waals surface area contributed by atoms with Gasteiger partial charge in [0.15, 0.2) is 0 Å². The van der Waals surface area contributed by atoms with Gasteiger partial charge in [-0.25, -0.2) is 0 Å². The molecule has 2 aliphatic rings. The molecule has 3 rings (SSSR count). The van der Waals surface area contributed by atoms with E-state index in [9.17, 15) is 4.79 Å². The minimum absolute atomic E-state index is 0.0402. The number of pyridine rings is 1. The summed E-state index contributed by atoms with van der Waals surface area (Å²) in [7, 11) is 1.76. The number of ether oxygens (including phenoxy) is 1. The van der Waals surface area contributed by atoms with Crippen LogP contribution in [0.15, 0.2) is 17.1 Å². The Hall–Kier alpha value is -1.29. The fourth-order valence-electron chi connectivity index (χ4n) is 2.77. The summed E-state index contributed by atoms with van der Waals surface area (Å²) in [6, 6.07) is 2.20. The highest BCUT2D eigenvalue weighted by molar-refractivity contribution is 5.37. The van der Waals surface area contributed by atoms with E-state index >= 15 is 0 Å². The monoisotopic (exact) mass is 220 g/mol. The molecule has 1 aromatic rings. The first-order valence-electron chi connectivity index (χ1n) is 5.70. The van der Waals surface area contributed by atoms with E-state index in [-0.39, 0.29) is 11.2 Å². The number of hydrogen-bond donors (Lipinski definition) is 1. The fourth-order valence-corrected chi connectivity index (χ4v) is 2.77. The van der Waals surface area contributed by atoms with Crippen LogP contribution in [0, 0.1) is 0 Å². The average molecular weight is 220 g/mol. The molecule has 0 aliphatic carbocycles. The minimum atomic E-state index is -0.109. The Kier molecular flexibility index (Phi) is 1.92. The molecule has 1 spiro atoms. The molecule has 2 aliphatic heterocycles. The van der Waals surface area contributed by atoms with Gasteiger partial charge in [-0.05, 0) is 6.92 Å². The normalized spacial score (nSPS) is 31.8. The molecule has 0 amide bonds. The van der Waals surface area contributed by atoms with Crippen LogP contribution in [-0.2, 0) is 13.5 Å². The molecule has 1 N–H and O–H groups in total. The summed E-state index contributed by atoms with van der Waals surface area (Å²) in [5.74, 6) is 0.873. The molecule has 4 nitrogen and oxygen atoms in total. The van der Waals surface area contributed by atoms with E-state index in [2.05, 4.69) is 12.2 Å². The van der Waals surface area contributed by atoms with E-state index in [1.54, 1.807) is 23.9 Å². The molecule has 0 aromatic carbocycles. The van der Waals surface area contributed by atoms with Crippen molar-refractivity contribution in [2.45, 2.75) is 31.4 Å². The van der Waals surface area contributed by atoms with Gasteiger partial charge in [-0.1, -0.05) is 0 Å². The van der Waals surface area contributed by atoms with Gasteiger partial charge in [0.2, 0.25) is 0 Å². The van der Waals surface area contributed by atoms with Crippen LogP contribution in [0.25, 0.3) is 0 Å². The lowest BCUT2D eigenvalue weighted by Gasteiger charge is -2.21. The van der Waals surface area contributed by atoms with Crippen molar-refractivity contribution < 1.29 is 4.74 Å². The van der Waals surface area contributed by atoms with Gasteiger partial charge in [0.05, 0.1) is 0 Å². The van der Waals surface area contributed by atoms with Crippen LogP contribution in [-0.4, -0.2) is 22.8 Å². The number of aryl methyl sites for hydroxylation is 1. The van der Waals surface area contributed by atoms with Crippen molar-refractivity contribution in [3.05, 3.63) is 28.2 Å². The Balaban J connectivity index is 1.98. The van der Waals surface area contributed by atoms with Crippen LogP contribution in [0.4, 0.5) is 0 Å². The maximum absolute atomic E-state index is 11.5. The highest BCUT2D eigenvalue weighted by Crippen LogP contribution is 2.38. The maximum Gasteiger partial charge on any atom is 0.250 e. The number of nitrogens with one attached hydrogen (secondary N) is 1. The summed E-state index contributed by atoms with van der Waals surface area (Å²) in [6.45, 7) is 3.04. The lowest BCUT2D eigenvalue weighted by atomic mass is 9.95. The van der Waals surface area contributed by atoms with E-state index in [0.717, 1.165) is 30.7 Å². The Bertz CT molecular complexity index is 494. The van der Waals surface area contributed by atoms with Gasteiger partial charge in [-0.15, -0.1) is 0 Å². The second-order valence-corrected chi connectivity index (χ2v) is 5.06. The average Bonchev–Trinajstić information content (AvgIpc) is 2.71. The molecule has 1 saturated heterocycles. The first-order valence-corrected chi connectivity index (χ1v) is 5.70. The Labute approximate surface area is 94.2 Å². The summed E-state index contributed by atoms with van der Waals surface area (Å²) in [5.41, 5.74) is 0.986. The molecule has 2 atom stereocenters. The molecule has 0 bridgehead atoms. The van der Waals surface area contributed by atoms with Crippen molar-refractivity contribution in [1.82, 2.24) is 9.88 Å². The van der Waals surface area contributed by atoms with Gasteiger partial charge in [-0.2, -0.15) is 0 Å².